The number of aliphatic hydroxyl groups excluding tert-OH is 1. The fourth-order valence-corrected chi connectivity index (χ4v) is 1.56. The number of aromatic hydroxyl groups is 1. The third kappa shape index (κ3) is 4.03. The van der Waals surface area contributed by atoms with Crippen LogP contribution in [0, 0.1) is 5.82 Å². The zero-order valence-corrected chi connectivity index (χ0v) is 9.77. The Morgan fingerprint density at radius 3 is 2.65 bits per heavy atom. The van der Waals surface area contributed by atoms with Crippen molar-refractivity contribution in [3.63, 3.8) is 0 Å². The number of halogens is 1. The topological polar surface area (TPSA) is 69.6 Å². The number of phenols is 1. The van der Waals surface area contributed by atoms with Gasteiger partial charge in [-0.15, -0.1) is 0 Å². The van der Waals surface area contributed by atoms with E-state index in [1.807, 2.05) is 0 Å². The van der Waals surface area contributed by atoms with Crippen molar-refractivity contribution in [3.05, 3.63) is 29.6 Å². The summed E-state index contributed by atoms with van der Waals surface area (Å²) in [7, 11) is 0. The van der Waals surface area contributed by atoms with E-state index in [1.165, 1.54) is 12.1 Å². The first-order valence-corrected chi connectivity index (χ1v) is 5.37. The van der Waals surface area contributed by atoms with E-state index >= 15 is 0 Å². The molecule has 0 fully saturated rings. The summed E-state index contributed by atoms with van der Waals surface area (Å²) in [6.45, 7) is 3.34. The van der Waals surface area contributed by atoms with Gasteiger partial charge in [-0.1, -0.05) is 0 Å². The van der Waals surface area contributed by atoms with E-state index < -0.39 is 17.8 Å². The highest BCUT2D eigenvalue weighted by atomic mass is 19.1. The average Bonchev–Trinajstić information content (AvgIpc) is 2.15. The van der Waals surface area contributed by atoms with Crippen LogP contribution in [0.2, 0.25) is 0 Å². The van der Waals surface area contributed by atoms with E-state index in [1.54, 1.807) is 13.8 Å². The minimum atomic E-state index is -0.772. The van der Waals surface area contributed by atoms with Gasteiger partial charge in [-0.2, -0.15) is 0 Å². The molecule has 1 rings (SSSR count). The Morgan fingerprint density at radius 1 is 1.47 bits per heavy atom. The summed E-state index contributed by atoms with van der Waals surface area (Å²) in [5, 5.41) is 20.7. The van der Waals surface area contributed by atoms with Crippen molar-refractivity contribution in [1.29, 1.82) is 0 Å². The fraction of sp³-hybridized carbons (Fsp3) is 0.417. The third-order valence-corrected chi connectivity index (χ3v) is 2.27. The molecule has 5 heteroatoms. The van der Waals surface area contributed by atoms with Crippen molar-refractivity contribution in [2.24, 2.45) is 0 Å². The zero-order chi connectivity index (χ0) is 13.0. The van der Waals surface area contributed by atoms with Crippen LogP contribution in [0.3, 0.4) is 0 Å². The summed E-state index contributed by atoms with van der Waals surface area (Å²) >= 11 is 0. The van der Waals surface area contributed by atoms with Crippen LogP contribution >= 0.6 is 0 Å². The molecule has 0 saturated carbocycles. The number of aliphatic hydroxyl groups is 1. The van der Waals surface area contributed by atoms with Gasteiger partial charge in [-0.3, -0.25) is 4.79 Å². The molecule has 4 nitrogen and oxygen atoms in total. The molecular weight excluding hydrogens is 225 g/mol. The fourth-order valence-electron chi connectivity index (χ4n) is 1.56. The van der Waals surface area contributed by atoms with E-state index in [-0.39, 0.29) is 17.4 Å². The molecule has 0 heterocycles. The van der Waals surface area contributed by atoms with Crippen LogP contribution in [0.5, 0.6) is 5.75 Å². The van der Waals surface area contributed by atoms with Gasteiger partial charge in [0.25, 0.3) is 5.91 Å². The second kappa shape index (κ2) is 5.63. The maximum absolute atomic E-state index is 13.3. The van der Waals surface area contributed by atoms with Gasteiger partial charge in [-0.25, -0.2) is 4.39 Å². The van der Waals surface area contributed by atoms with Gasteiger partial charge in [0.1, 0.15) is 11.6 Å². The number of hydrogen-bond donors (Lipinski definition) is 3. The number of carbonyl (C=O) groups excluding carboxylic acids is 1. The normalized spacial score (nSPS) is 14.1. The van der Waals surface area contributed by atoms with Crippen LogP contribution in [0.4, 0.5) is 4.39 Å². The molecule has 0 saturated heterocycles. The Labute approximate surface area is 99.1 Å². The maximum Gasteiger partial charge on any atom is 0.254 e. The number of carbonyl (C=O) groups is 1. The first kappa shape index (κ1) is 13.4. The van der Waals surface area contributed by atoms with Gasteiger partial charge in [0.2, 0.25) is 0 Å². The van der Waals surface area contributed by atoms with Crippen LogP contribution in [0.1, 0.15) is 30.6 Å². The molecule has 1 amide bonds. The lowest BCUT2D eigenvalue weighted by Gasteiger charge is -2.15. The van der Waals surface area contributed by atoms with Gasteiger partial charge in [0.05, 0.1) is 11.7 Å². The molecule has 1 aromatic carbocycles. The molecule has 0 aliphatic carbocycles. The molecular formula is C12H16FNO3. The molecule has 3 N–H and O–H groups in total. The molecule has 1 aromatic rings. The SMILES string of the molecule is CC(O)CC(C)NC(=O)c1ccc(O)cc1F. The molecule has 0 aromatic heterocycles. The second-order valence-corrected chi connectivity index (χ2v) is 4.12. The van der Waals surface area contributed by atoms with Crippen molar-refractivity contribution >= 4 is 5.91 Å². The Hall–Kier alpha value is -1.62. The van der Waals surface area contributed by atoms with Crippen LogP contribution in [-0.4, -0.2) is 28.3 Å². The molecule has 0 aliphatic rings. The molecule has 0 spiro atoms. The molecule has 17 heavy (non-hydrogen) atoms. The first-order valence-electron chi connectivity index (χ1n) is 5.37. The quantitative estimate of drug-likeness (QED) is 0.746. The third-order valence-electron chi connectivity index (χ3n) is 2.27. The zero-order valence-electron chi connectivity index (χ0n) is 9.77. The van der Waals surface area contributed by atoms with Gasteiger partial charge in [0, 0.05) is 12.1 Å². The highest BCUT2D eigenvalue weighted by Gasteiger charge is 2.15. The Balaban J connectivity index is 2.70. The maximum atomic E-state index is 13.3. The number of nitrogens with one attached hydrogen (secondary N) is 1. The van der Waals surface area contributed by atoms with Crippen LogP contribution in [0.15, 0.2) is 18.2 Å². The van der Waals surface area contributed by atoms with E-state index in [4.69, 9.17) is 10.2 Å². The minimum Gasteiger partial charge on any atom is -0.508 e. The van der Waals surface area contributed by atoms with Gasteiger partial charge in [0.15, 0.2) is 0 Å². The Morgan fingerprint density at radius 2 is 2.12 bits per heavy atom. The lowest BCUT2D eigenvalue weighted by molar-refractivity contribution is 0.0919. The largest absolute Gasteiger partial charge is 0.508 e. The van der Waals surface area contributed by atoms with Crippen molar-refractivity contribution in [2.45, 2.75) is 32.4 Å². The smallest absolute Gasteiger partial charge is 0.254 e. The number of hydrogen-bond acceptors (Lipinski definition) is 3. The number of rotatable bonds is 4. The molecule has 94 valence electrons. The summed E-state index contributed by atoms with van der Waals surface area (Å²) in [5.74, 6) is -1.56. The van der Waals surface area contributed by atoms with E-state index in [0.29, 0.717) is 6.42 Å². The van der Waals surface area contributed by atoms with Crippen molar-refractivity contribution in [1.82, 2.24) is 5.32 Å². The molecule has 0 radical (unpaired) electrons. The first-order chi connectivity index (χ1) is 7.90. The van der Waals surface area contributed by atoms with Crippen molar-refractivity contribution in [2.75, 3.05) is 0 Å². The summed E-state index contributed by atoms with van der Waals surface area (Å²) < 4.78 is 13.3. The van der Waals surface area contributed by atoms with Gasteiger partial charge >= 0.3 is 0 Å². The number of phenolic OH excluding ortho intramolecular Hbond substituents is 1. The highest BCUT2D eigenvalue weighted by Crippen LogP contribution is 2.15. The summed E-state index contributed by atoms with van der Waals surface area (Å²) in [4.78, 5) is 11.7. The van der Waals surface area contributed by atoms with E-state index in [9.17, 15) is 9.18 Å². The second-order valence-electron chi connectivity index (χ2n) is 4.12. The van der Waals surface area contributed by atoms with Crippen molar-refractivity contribution < 1.29 is 19.4 Å². The molecule has 2 atom stereocenters. The van der Waals surface area contributed by atoms with Gasteiger partial charge in [-0.05, 0) is 32.4 Å². The lowest BCUT2D eigenvalue weighted by Crippen LogP contribution is -2.35. The standard InChI is InChI=1S/C12H16FNO3/c1-7(5-8(2)15)14-12(17)10-4-3-9(16)6-11(10)13/h3-4,6-8,15-16H,5H2,1-2H3,(H,14,17). The molecule has 0 aliphatic heterocycles. The highest BCUT2D eigenvalue weighted by molar-refractivity contribution is 5.94. The molecule has 0 bridgehead atoms. The summed E-state index contributed by atoms with van der Waals surface area (Å²) in [6.07, 6.45) is -0.138. The molecule has 2 unspecified atom stereocenters. The van der Waals surface area contributed by atoms with E-state index in [2.05, 4.69) is 5.32 Å². The summed E-state index contributed by atoms with van der Waals surface area (Å²) in [6, 6.07) is 3.09. The average molecular weight is 241 g/mol. The monoisotopic (exact) mass is 241 g/mol. The van der Waals surface area contributed by atoms with Crippen LogP contribution in [0.25, 0.3) is 0 Å². The minimum absolute atomic E-state index is 0.125. The summed E-state index contributed by atoms with van der Waals surface area (Å²) in [5.41, 5.74) is -0.125. The Kier molecular flexibility index (Phi) is 4.45. The Bertz CT molecular complexity index is 407. The van der Waals surface area contributed by atoms with Crippen LogP contribution in [-0.2, 0) is 0 Å². The number of amides is 1. The number of benzene rings is 1. The van der Waals surface area contributed by atoms with Crippen molar-refractivity contribution in [3.8, 4) is 5.75 Å². The van der Waals surface area contributed by atoms with Gasteiger partial charge < -0.3 is 15.5 Å². The predicted octanol–water partition coefficient (Wildman–Crippen LogP) is 1.42. The predicted molar refractivity (Wildman–Crippen MR) is 61.3 cm³/mol. The van der Waals surface area contributed by atoms with E-state index in [0.717, 1.165) is 6.07 Å². The lowest BCUT2D eigenvalue weighted by atomic mass is 10.1. The van der Waals surface area contributed by atoms with Crippen LogP contribution < -0.4 is 5.32 Å².